The molecule has 1 N–H and O–H groups in total. The summed E-state index contributed by atoms with van der Waals surface area (Å²) in [6.45, 7) is 1.72. The van der Waals surface area contributed by atoms with E-state index in [1.807, 2.05) is 6.07 Å². The lowest BCUT2D eigenvalue weighted by atomic mass is 10.1. The van der Waals surface area contributed by atoms with Crippen molar-refractivity contribution in [1.82, 2.24) is 4.57 Å². The summed E-state index contributed by atoms with van der Waals surface area (Å²) >= 11 is 0. The zero-order chi connectivity index (χ0) is 13.1. The topological polar surface area (TPSA) is 59.3 Å². The molecule has 0 radical (unpaired) electrons. The number of nitrogens with zero attached hydrogens (tertiary/aromatic N) is 1. The summed E-state index contributed by atoms with van der Waals surface area (Å²) in [5.41, 5.74) is 0.895. The molecular weight excluding hydrogens is 230 g/mol. The Morgan fingerprint density at radius 3 is 2.33 bits per heavy atom. The van der Waals surface area contributed by atoms with Crippen LogP contribution >= 0.6 is 0 Å². The lowest BCUT2D eigenvalue weighted by Gasteiger charge is -2.18. The van der Waals surface area contributed by atoms with Crippen molar-refractivity contribution in [3.05, 3.63) is 70.1 Å². The molecule has 4 heteroatoms. The summed E-state index contributed by atoms with van der Waals surface area (Å²) in [5, 5.41) is 9.37. The third kappa shape index (κ3) is 2.18. The molecule has 0 aliphatic heterocycles. The summed E-state index contributed by atoms with van der Waals surface area (Å²) < 4.78 is 1.29. The molecule has 18 heavy (non-hydrogen) atoms. The molecule has 2 rings (SSSR count). The van der Waals surface area contributed by atoms with Crippen LogP contribution in [0.25, 0.3) is 0 Å². The third-order valence-electron chi connectivity index (χ3n) is 2.80. The van der Waals surface area contributed by atoms with Crippen LogP contribution in [0, 0.1) is 6.92 Å². The number of aliphatic carboxylic acids is 1. The van der Waals surface area contributed by atoms with E-state index in [1.165, 1.54) is 10.6 Å². The number of carboxylic acids is 1. The second kappa shape index (κ2) is 4.87. The highest BCUT2D eigenvalue weighted by molar-refractivity contribution is 5.76. The maximum Gasteiger partial charge on any atom is 0.331 e. The maximum atomic E-state index is 11.9. The molecule has 1 atom stereocenters. The van der Waals surface area contributed by atoms with Crippen LogP contribution in [-0.2, 0) is 4.79 Å². The minimum absolute atomic E-state index is 0.314. The van der Waals surface area contributed by atoms with Crippen molar-refractivity contribution in [3.63, 3.8) is 0 Å². The fraction of sp³-hybridized carbons (Fsp3) is 0.143. The predicted octanol–water partition coefficient (Wildman–Crippen LogP) is 1.83. The second-order valence-electron chi connectivity index (χ2n) is 4.03. The Balaban J connectivity index is 2.64. The summed E-state index contributed by atoms with van der Waals surface area (Å²) in [6, 6.07) is 12.5. The third-order valence-corrected chi connectivity index (χ3v) is 2.80. The van der Waals surface area contributed by atoms with Crippen molar-refractivity contribution in [1.29, 1.82) is 0 Å². The molecular formula is C14H13NO3. The molecule has 0 fully saturated rings. The zero-order valence-electron chi connectivity index (χ0n) is 9.91. The molecule has 0 saturated heterocycles. The van der Waals surface area contributed by atoms with Gasteiger partial charge in [-0.2, -0.15) is 0 Å². The largest absolute Gasteiger partial charge is 0.479 e. The lowest BCUT2D eigenvalue weighted by molar-refractivity contribution is -0.139. The minimum Gasteiger partial charge on any atom is -0.479 e. The Morgan fingerprint density at radius 2 is 1.78 bits per heavy atom. The number of aromatic nitrogens is 1. The van der Waals surface area contributed by atoms with Gasteiger partial charge < -0.3 is 5.11 Å². The van der Waals surface area contributed by atoms with E-state index >= 15 is 0 Å². The lowest BCUT2D eigenvalue weighted by Crippen LogP contribution is -2.31. The first-order valence-corrected chi connectivity index (χ1v) is 5.57. The molecule has 0 bridgehead atoms. The molecule has 1 unspecified atom stereocenters. The number of hydrogen-bond donors (Lipinski definition) is 1. The van der Waals surface area contributed by atoms with Gasteiger partial charge in [0.25, 0.3) is 5.56 Å². The van der Waals surface area contributed by atoms with Gasteiger partial charge in [0.1, 0.15) is 0 Å². The minimum atomic E-state index is -1.04. The van der Waals surface area contributed by atoms with Crippen LogP contribution in [0.4, 0.5) is 0 Å². The second-order valence-corrected chi connectivity index (χ2v) is 4.03. The Kier molecular flexibility index (Phi) is 3.28. The van der Waals surface area contributed by atoms with Crippen molar-refractivity contribution >= 4 is 5.97 Å². The van der Waals surface area contributed by atoms with Gasteiger partial charge in [-0.1, -0.05) is 36.4 Å². The first kappa shape index (κ1) is 12.1. The van der Waals surface area contributed by atoms with Gasteiger partial charge in [0.05, 0.1) is 0 Å². The van der Waals surface area contributed by atoms with E-state index < -0.39 is 12.0 Å². The highest BCUT2D eigenvalue weighted by Gasteiger charge is 2.23. The number of pyridine rings is 1. The molecule has 92 valence electrons. The Morgan fingerprint density at radius 1 is 1.11 bits per heavy atom. The molecule has 2 aromatic rings. The van der Waals surface area contributed by atoms with Gasteiger partial charge in [-0.3, -0.25) is 9.36 Å². The molecule has 0 aliphatic carbocycles. The molecule has 4 nitrogen and oxygen atoms in total. The number of rotatable bonds is 3. The quantitative estimate of drug-likeness (QED) is 0.894. The van der Waals surface area contributed by atoms with Crippen LogP contribution in [0.1, 0.15) is 17.3 Å². The van der Waals surface area contributed by atoms with Crippen molar-refractivity contribution in [3.8, 4) is 0 Å². The Hall–Kier alpha value is -2.36. The smallest absolute Gasteiger partial charge is 0.331 e. The fourth-order valence-electron chi connectivity index (χ4n) is 1.97. The standard InChI is InChI=1S/C14H13NO3/c1-10-6-5-9-12(16)15(10)13(14(17)18)11-7-3-2-4-8-11/h2-9,13H,1H3,(H,17,18). The molecule has 1 aromatic carbocycles. The molecule has 1 heterocycles. The van der Waals surface area contributed by atoms with Crippen molar-refractivity contribution in [2.24, 2.45) is 0 Å². The average Bonchev–Trinajstić information content (AvgIpc) is 2.34. The van der Waals surface area contributed by atoms with Crippen LogP contribution in [0.2, 0.25) is 0 Å². The predicted molar refractivity (Wildman–Crippen MR) is 67.7 cm³/mol. The summed E-state index contributed by atoms with van der Waals surface area (Å²) in [4.78, 5) is 23.3. The van der Waals surface area contributed by atoms with E-state index in [4.69, 9.17) is 0 Å². The van der Waals surface area contributed by atoms with Gasteiger partial charge in [0.2, 0.25) is 0 Å². The number of carbonyl (C=O) groups is 1. The van der Waals surface area contributed by atoms with Crippen LogP contribution in [0.3, 0.4) is 0 Å². The fourth-order valence-corrected chi connectivity index (χ4v) is 1.97. The number of benzene rings is 1. The number of hydrogen-bond acceptors (Lipinski definition) is 2. The average molecular weight is 243 g/mol. The Labute approximate surface area is 104 Å². The number of aryl methyl sites for hydroxylation is 1. The number of carboxylic acid groups (broad SMARTS) is 1. The maximum absolute atomic E-state index is 11.9. The Bertz CT molecular complexity index is 616. The van der Waals surface area contributed by atoms with Gasteiger partial charge in [0, 0.05) is 11.8 Å². The SMILES string of the molecule is Cc1cccc(=O)n1C(C(=O)O)c1ccccc1. The summed E-state index contributed by atoms with van der Waals surface area (Å²) in [6.07, 6.45) is 0. The van der Waals surface area contributed by atoms with Crippen LogP contribution in [-0.4, -0.2) is 15.6 Å². The van der Waals surface area contributed by atoms with Crippen molar-refractivity contribution in [2.45, 2.75) is 13.0 Å². The first-order valence-electron chi connectivity index (χ1n) is 5.57. The van der Waals surface area contributed by atoms with Gasteiger partial charge in [0.15, 0.2) is 6.04 Å². The normalized spacial score (nSPS) is 12.1. The van der Waals surface area contributed by atoms with Gasteiger partial charge in [-0.05, 0) is 18.6 Å². The van der Waals surface area contributed by atoms with Crippen molar-refractivity contribution < 1.29 is 9.90 Å². The van der Waals surface area contributed by atoms with Crippen LogP contribution < -0.4 is 5.56 Å². The van der Waals surface area contributed by atoms with Gasteiger partial charge in [-0.15, -0.1) is 0 Å². The molecule has 0 amide bonds. The van der Waals surface area contributed by atoms with Crippen LogP contribution in [0.15, 0.2) is 53.3 Å². The van der Waals surface area contributed by atoms with Gasteiger partial charge in [-0.25, -0.2) is 4.79 Å². The van der Waals surface area contributed by atoms with E-state index in [1.54, 1.807) is 43.3 Å². The summed E-state index contributed by atoms with van der Waals surface area (Å²) in [5.74, 6) is -1.04. The van der Waals surface area contributed by atoms with E-state index in [0.717, 1.165) is 0 Å². The highest BCUT2D eigenvalue weighted by atomic mass is 16.4. The van der Waals surface area contributed by atoms with E-state index in [0.29, 0.717) is 11.3 Å². The molecule has 1 aromatic heterocycles. The van der Waals surface area contributed by atoms with E-state index in [2.05, 4.69) is 0 Å². The molecule has 0 aliphatic rings. The summed E-state index contributed by atoms with van der Waals surface area (Å²) in [7, 11) is 0. The first-order chi connectivity index (χ1) is 8.61. The molecule has 0 saturated carbocycles. The zero-order valence-corrected chi connectivity index (χ0v) is 9.91. The van der Waals surface area contributed by atoms with Gasteiger partial charge >= 0.3 is 5.97 Å². The van der Waals surface area contributed by atoms with Crippen molar-refractivity contribution in [2.75, 3.05) is 0 Å². The highest BCUT2D eigenvalue weighted by Crippen LogP contribution is 2.18. The molecule has 0 spiro atoms. The van der Waals surface area contributed by atoms with E-state index in [-0.39, 0.29) is 5.56 Å². The van der Waals surface area contributed by atoms with E-state index in [9.17, 15) is 14.7 Å². The monoisotopic (exact) mass is 243 g/mol. The van der Waals surface area contributed by atoms with Crippen LogP contribution in [0.5, 0.6) is 0 Å².